The molecule has 0 rings (SSSR count). The van der Waals surface area contributed by atoms with Gasteiger partial charge >= 0.3 is 5.97 Å². The Morgan fingerprint density at radius 2 is 2.33 bits per heavy atom. The van der Waals surface area contributed by atoms with Gasteiger partial charge in [0.15, 0.2) is 5.54 Å². The quantitative estimate of drug-likeness (QED) is 0.497. The molecule has 0 aliphatic rings. The molecule has 0 fully saturated rings. The molecule has 0 radical (unpaired) electrons. The van der Waals surface area contributed by atoms with E-state index < -0.39 is 11.5 Å². The van der Waals surface area contributed by atoms with Crippen LogP contribution in [0.15, 0.2) is 0 Å². The van der Waals surface area contributed by atoms with Gasteiger partial charge in [-0.25, -0.2) is 4.79 Å². The van der Waals surface area contributed by atoms with Gasteiger partial charge in [-0.3, -0.25) is 0 Å². The first-order valence-corrected chi connectivity index (χ1v) is 3.68. The van der Waals surface area contributed by atoms with E-state index in [9.17, 15) is 4.79 Å². The fraction of sp³-hybridized carbons (Fsp3) is 0.625. The smallest absolute Gasteiger partial charge is 0.336 e. The standard InChI is InChI=1S/C8H14N2O2/c1-3-8(10,7(11)12)5-4-6(2)9/h1,6H,4-5,9-10H2,2H3,(H,11,12). The summed E-state index contributed by atoms with van der Waals surface area (Å²) in [5, 5.41) is 8.64. The van der Waals surface area contributed by atoms with Crippen molar-refractivity contribution in [1.82, 2.24) is 0 Å². The minimum Gasteiger partial charge on any atom is -0.479 e. The first-order chi connectivity index (χ1) is 5.42. The third-order valence-corrected chi connectivity index (χ3v) is 1.63. The average molecular weight is 170 g/mol. The van der Waals surface area contributed by atoms with Crippen molar-refractivity contribution in [2.75, 3.05) is 0 Å². The van der Waals surface area contributed by atoms with Crippen LogP contribution in [0.3, 0.4) is 0 Å². The molecule has 0 aromatic rings. The van der Waals surface area contributed by atoms with Gasteiger partial charge < -0.3 is 16.6 Å². The van der Waals surface area contributed by atoms with Gasteiger partial charge in [0.25, 0.3) is 0 Å². The van der Waals surface area contributed by atoms with E-state index in [1.54, 1.807) is 6.92 Å². The van der Waals surface area contributed by atoms with Crippen LogP contribution in [-0.2, 0) is 4.79 Å². The summed E-state index contributed by atoms with van der Waals surface area (Å²) in [4.78, 5) is 10.6. The molecule has 0 saturated carbocycles. The number of hydrogen-bond acceptors (Lipinski definition) is 3. The van der Waals surface area contributed by atoms with Crippen molar-refractivity contribution in [2.45, 2.75) is 31.3 Å². The summed E-state index contributed by atoms with van der Waals surface area (Å²) in [6.07, 6.45) is 5.71. The van der Waals surface area contributed by atoms with Crippen LogP contribution >= 0.6 is 0 Å². The highest BCUT2D eigenvalue weighted by atomic mass is 16.4. The minimum absolute atomic E-state index is 0.0828. The van der Waals surface area contributed by atoms with Crippen LogP contribution in [0, 0.1) is 12.3 Å². The molecule has 0 bridgehead atoms. The van der Waals surface area contributed by atoms with E-state index in [0.29, 0.717) is 6.42 Å². The molecule has 0 saturated heterocycles. The number of hydrogen-bond donors (Lipinski definition) is 3. The molecule has 2 atom stereocenters. The third kappa shape index (κ3) is 2.91. The van der Waals surface area contributed by atoms with Crippen molar-refractivity contribution < 1.29 is 9.90 Å². The largest absolute Gasteiger partial charge is 0.479 e. The van der Waals surface area contributed by atoms with Crippen LogP contribution in [0.1, 0.15) is 19.8 Å². The SMILES string of the molecule is C#CC(N)(CCC(C)N)C(=O)O. The van der Waals surface area contributed by atoms with E-state index in [1.807, 2.05) is 0 Å². The van der Waals surface area contributed by atoms with Crippen molar-refractivity contribution in [2.24, 2.45) is 11.5 Å². The summed E-state index contributed by atoms with van der Waals surface area (Å²) < 4.78 is 0. The normalized spacial score (nSPS) is 17.5. The van der Waals surface area contributed by atoms with Crippen molar-refractivity contribution in [3.8, 4) is 12.3 Å². The molecule has 68 valence electrons. The molecule has 12 heavy (non-hydrogen) atoms. The molecule has 5 N–H and O–H groups in total. The van der Waals surface area contributed by atoms with E-state index in [0.717, 1.165) is 0 Å². The van der Waals surface area contributed by atoms with Crippen LogP contribution in [0.2, 0.25) is 0 Å². The molecule has 4 nitrogen and oxygen atoms in total. The number of aliphatic carboxylic acids is 1. The maximum atomic E-state index is 10.6. The highest BCUT2D eigenvalue weighted by Gasteiger charge is 2.31. The lowest BCUT2D eigenvalue weighted by molar-refractivity contribution is -0.141. The monoisotopic (exact) mass is 170 g/mol. The first-order valence-electron chi connectivity index (χ1n) is 3.68. The van der Waals surface area contributed by atoms with Crippen molar-refractivity contribution in [3.05, 3.63) is 0 Å². The molecule has 0 spiro atoms. The average Bonchev–Trinajstić information content (AvgIpc) is 1.99. The molecule has 0 aromatic heterocycles. The van der Waals surface area contributed by atoms with Gasteiger partial charge in [-0.2, -0.15) is 0 Å². The van der Waals surface area contributed by atoms with Gasteiger partial charge in [-0.1, -0.05) is 5.92 Å². The zero-order valence-corrected chi connectivity index (χ0v) is 7.08. The van der Waals surface area contributed by atoms with Gasteiger partial charge in [0.05, 0.1) is 0 Å². The maximum Gasteiger partial charge on any atom is 0.336 e. The Morgan fingerprint density at radius 1 is 1.83 bits per heavy atom. The van der Waals surface area contributed by atoms with Crippen molar-refractivity contribution in [1.29, 1.82) is 0 Å². The summed E-state index contributed by atoms with van der Waals surface area (Å²) in [6.45, 7) is 1.78. The van der Waals surface area contributed by atoms with Gasteiger partial charge in [0, 0.05) is 6.04 Å². The summed E-state index contributed by atoms with van der Waals surface area (Å²) in [7, 11) is 0. The summed E-state index contributed by atoms with van der Waals surface area (Å²) in [5.41, 5.74) is 9.27. The number of terminal acetylenes is 1. The molecule has 2 unspecified atom stereocenters. The summed E-state index contributed by atoms with van der Waals surface area (Å²) in [6, 6.07) is -0.0828. The Balaban J connectivity index is 4.19. The molecule has 4 heteroatoms. The number of carboxylic acids is 1. The second-order valence-electron chi connectivity index (χ2n) is 2.94. The molecule has 0 heterocycles. The topological polar surface area (TPSA) is 89.3 Å². The number of rotatable bonds is 4. The Morgan fingerprint density at radius 3 is 2.58 bits per heavy atom. The van der Waals surface area contributed by atoms with E-state index in [2.05, 4.69) is 5.92 Å². The molecular weight excluding hydrogens is 156 g/mol. The highest BCUT2D eigenvalue weighted by molar-refractivity contribution is 5.82. The Kier molecular flexibility index (Phi) is 3.74. The minimum atomic E-state index is -1.56. The lowest BCUT2D eigenvalue weighted by Crippen LogP contribution is -2.47. The molecule has 0 aliphatic carbocycles. The highest BCUT2D eigenvalue weighted by Crippen LogP contribution is 2.09. The van der Waals surface area contributed by atoms with Crippen LogP contribution in [0.5, 0.6) is 0 Å². The Bertz CT molecular complexity index is 208. The van der Waals surface area contributed by atoms with Gasteiger partial charge in [0.1, 0.15) is 0 Å². The van der Waals surface area contributed by atoms with E-state index in [1.165, 1.54) is 0 Å². The van der Waals surface area contributed by atoms with E-state index in [4.69, 9.17) is 23.0 Å². The van der Waals surface area contributed by atoms with Crippen molar-refractivity contribution >= 4 is 5.97 Å². The first kappa shape index (κ1) is 11.0. The Hall–Kier alpha value is -1.05. The van der Waals surface area contributed by atoms with Crippen LogP contribution in [-0.4, -0.2) is 22.7 Å². The summed E-state index contributed by atoms with van der Waals surface area (Å²) >= 11 is 0. The van der Waals surface area contributed by atoms with Gasteiger partial charge in [-0.15, -0.1) is 6.42 Å². The molecule has 0 amide bonds. The lowest BCUT2D eigenvalue weighted by Gasteiger charge is -2.18. The maximum absolute atomic E-state index is 10.6. The van der Waals surface area contributed by atoms with Gasteiger partial charge in [-0.05, 0) is 19.8 Å². The fourth-order valence-electron chi connectivity index (χ4n) is 0.696. The third-order valence-electron chi connectivity index (χ3n) is 1.63. The van der Waals surface area contributed by atoms with Crippen LogP contribution < -0.4 is 11.5 Å². The fourth-order valence-corrected chi connectivity index (χ4v) is 0.696. The number of nitrogens with two attached hydrogens (primary N) is 2. The predicted molar refractivity (Wildman–Crippen MR) is 46.3 cm³/mol. The number of carbonyl (C=O) groups is 1. The van der Waals surface area contributed by atoms with Crippen LogP contribution in [0.25, 0.3) is 0 Å². The lowest BCUT2D eigenvalue weighted by atomic mass is 9.94. The zero-order valence-electron chi connectivity index (χ0n) is 7.08. The van der Waals surface area contributed by atoms with E-state index >= 15 is 0 Å². The van der Waals surface area contributed by atoms with Crippen molar-refractivity contribution in [3.63, 3.8) is 0 Å². The molecule has 0 aliphatic heterocycles. The van der Waals surface area contributed by atoms with Crippen LogP contribution in [0.4, 0.5) is 0 Å². The second-order valence-corrected chi connectivity index (χ2v) is 2.94. The number of carboxylic acid groups (broad SMARTS) is 1. The molecule has 0 aromatic carbocycles. The Labute approximate surface area is 71.9 Å². The predicted octanol–water partition coefficient (Wildman–Crippen LogP) is -0.471. The zero-order chi connectivity index (χ0) is 9.78. The van der Waals surface area contributed by atoms with E-state index in [-0.39, 0.29) is 12.5 Å². The van der Waals surface area contributed by atoms with Gasteiger partial charge in [0.2, 0.25) is 0 Å². The molecular formula is C8H14N2O2. The second kappa shape index (κ2) is 4.10. The summed E-state index contributed by atoms with van der Waals surface area (Å²) in [5.74, 6) is 0.881.